The smallest absolute Gasteiger partial charge is 0.534 e. The molecule has 1 saturated heterocycles. The Bertz CT molecular complexity index is 976. The fourth-order valence-corrected chi connectivity index (χ4v) is 4.52. The van der Waals surface area contributed by atoms with E-state index in [9.17, 15) is 15.0 Å². The standard InChI is InChI=1S/C19H24BN5O4S/c1-11-13(9-25-6-2-3-7-25)5-4-12-8-15(20(27)29-17(11)12)23-18(26)16(24-28)14-10-30-19(21)22-14/h4-5,10,15,27-28H,2-3,6-9H2,1H3,(H2,21,22)(H,23,26)/b24-16-/t15-/m0/s1. The first-order valence-electron chi connectivity index (χ1n) is 9.89. The molecule has 158 valence electrons. The van der Waals surface area contributed by atoms with E-state index in [1.54, 1.807) is 0 Å². The predicted octanol–water partition coefficient (Wildman–Crippen LogP) is 0.947. The molecule has 1 aromatic heterocycles. The van der Waals surface area contributed by atoms with E-state index in [-0.39, 0.29) is 16.5 Å². The Morgan fingerprint density at radius 1 is 1.47 bits per heavy atom. The van der Waals surface area contributed by atoms with Gasteiger partial charge in [-0.25, -0.2) is 4.98 Å². The van der Waals surface area contributed by atoms with Crippen molar-refractivity contribution in [1.82, 2.24) is 15.2 Å². The number of nitrogens with two attached hydrogens (primary N) is 1. The summed E-state index contributed by atoms with van der Waals surface area (Å²) in [6, 6.07) is 4.08. The molecule has 5 N–H and O–H groups in total. The number of oxime groups is 1. The van der Waals surface area contributed by atoms with Crippen LogP contribution in [-0.2, 0) is 17.8 Å². The third-order valence-electron chi connectivity index (χ3n) is 5.61. The second-order valence-corrected chi connectivity index (χ2v) is 8.52. The van der Waals surface area contributed by atoms with E-state index in [2.05, 4.69) is 26.4 Å². The zero-order chi connectivity index (χ0) is 21.3. The highest BCUT2D eigenvalue weighted by atomic mass is 32.1. The molecule has 1 amide bonds. The minimum Gasteiger partial charge on any atom is -0.534 e. The zero-order valence-corrected chi connectivity index (χ0v) is 17.5. The van der Waals surface area contributed by atoms with E-state index < -0.39 is 19.0 Å². The molecule has 11 heteroatoms. The van der Waals surface area contributed by atoms with Gasteiger partial charge in [0.05, 0.1) is 5.94 Å². The molecule has 0 unspecified atom stereocenters. The average Bonchev–Trinajstić information content (AvgIpc) is 3.38. The number of benzene rings is 1. The molecule has 0 saturated carbocycles. The number of amides is 1. The SMILES string of the molecule is Cc1c(CN2CCCC2)ccc2c1OB(O)[C@@H](NC(=O)/C(=N\O)c1csc(N)n1)C2. The number of anilines is 1. The van der Waals surface area contributed by atoms with E-state index in [4.69, 9.17) is 10.4 Å². The van der Waals surface area contributed by atoms with Crippen LogP contribution in [0.5, 0.6) is 5.75 Å². The molecule has 0 spiro atoms. The highest BCUT2D eigenvalue weighted by molar-refractivity contribution is 7.13. The number of hydrogen-bond acceptors (Lipinski definition) is 9. The molecule has 2 aliphatic rings. The Morgan fingerprint density at radius 3 is 2.90 bits per heavy atom. The largest absolute Gasteiger partial charge is 0.547 e. The number of nitrogens with zero attached hydrogens (tertiary/aromatic N) is 3. The lowest BCUT2D eigenvalue weighted by Gasteiger charge is -2.30. The maximum absolute atomic E-state index is 12.6. The summed E-state index contributed by atoms with van der Waals surface area (Å²) in [5.41, 5.74) is 8.60. The molecule has 0 radical (unpaired) electrons. The summed E-state index contributed by atoms with van der Waals surface area (Å²) in [6.45, 7) is 5.08. The maximum atomic E-state index is 12.6. The Morgan fingerprint density at radius 2 is 2.23 bits per heavy atom. The molecule has 1 aromatic carbocycles. The fourth-order valence-electron chi connectivity index (χ4n) is 3.98. The minimum atomic E-state index is -1.22. The van der Waals surface area contributed by atoms with Crippen LogP contribution in [0.2, 0.25) is 0 Å². The maximum Gasteiger partial charge on any atom is 0.547 e. The van der Waals surface area contributed by atoms with Crippen molar-refractivity contribution in [2.24, 2.45) is 5.16 Å². The van der Waals surface area contributed by atoms with Gasteiger partial charge in [0.2, 0.25) is 0 Å². The van der Waals surface area contributed by atoms with Crippen LogP contribution >= 0.6 is 11.3 Å². The summed E-state index contributed by atoms with van der Waals surface area (Å²) in [7, 11) is -1.22. The fraction of sp³-hybridized carbons (Fsp3) is 0.421. The number of carbonyl (C=O) groups is 1. The van der Waals surface area contributed by atoms with Gasteiger partial charge in [-0.15, -0.1) is 11.3 Å². The lowest BCUT2D eigenvalue weighted by molar-refractivity contribution is -0.115. The first-order valence-corrected chi connectivity index (χ1v) is 10.8. The van der Waals surface area contributed by atoms with Gasteiger partial charge in [-0.3, -0.25) is 9.69 Å². The Kier molecular flexibility index (Phi) is 5.93. The number of nitrogens with one attached hydrogen (secondary N) is 1. The molecule has 2 aliphatic heterocycles. The second kappa shape index (κ2) is 8.62. The predicted molar refractivity (Wildman–Crippen MR) is 115 cm³/mol. The molecule has 3 heterocycles. The Hall–Kier alpha value is -2.63. The summed E-state index contributed by atoms with van der Waals surface area (Å²) in [6.07, 6.45) is 2.85. The third-order valence-corrected chi connectivity index (χ3v) is 6.28. The number of thiazole rings is 1. The summed E-state index contributed by atoms with van der Waals surface area (Å²) >= 11 is 1.13. The van der Waals surface area contributed by atoms with Crippen LogP contribution in [0.15, 0.2) is 22.7 Å². The van der Waals surface area contributed by atoms with Crippen LogP contribution in [0, 0.1) is 6.92 Å². The third kappa shape index (κ3) is 4.14. The summed E-state index contributed by atoms with van der Waals surface area (Å²) in [5, 5.41) is 27.3. The van der Waals surface area contributed by atoms with Crippen LogP contribution in [0.4, 0.5) is 5.13 Å². The monoisotopic (exact) mass is 429 g/mol. The molecule has 4 rings (SSSR count). The van der Waals surface area contributed by atoms with Gasteiger partial charge >= 0.3 is 7.12 Å². The summed E-state index contributed by atoms with van der Waals surface area (Å²) in [5.74, 6) is -0.684. The number of likely N-dealkylation sites (tertiary alicyclic amines) is 1. The quantitative estimate of drug-likeness (QED) is 0.241. The number of nitrogen functional groups attached to an aromatic ring is 1. The summed E-state index contributed by atoms with van der Waals surface area (Å²) < 4.78 is 5.79. The number of carbonyl (C=O) groups excluding carboxylic acids is 1. The second-order valence-electron chi connectivity index (χ2n) is 7.63. The van der Waals surface area contributed by atoms with E-state index in [0.29, 0.717) is 12.2 Å². The highest BCUT2D eigenvalue weighted by Crippen LogP contribution is 2.33. The van der Waals surface area contributed by atoms with Crippen LogP contribution in [0.3, 0.4) is 0 Å². The first-order chi connectivity index (χ1) is 14.5. The molecule has 0 aliphatic carbocycles. The number of rotatable bonds is 5. The van der Waals surface area contributed by atoms with E-state index in [0.717, 1.165) is 42.1 Å². The number of hydrogen-bond donors (Lipinski definition) is 4. The summed E-state index contributed by atoms with van der Waals surface area (Å²) in [4.78, 5) is 18.9. The first kappa shape index (κ1) is 20.6. The van der Waals surface area contributed by atoms with Crippen LogP contribution in [0.25, 0.3) is 0 Å². The molecular formula is C19H24BN5O4S. The van der Waals surface area contributed by atoms with E-state index >= 15 is 0 Å². The number of fused-ring (bicyclic) bond motifs is 1. The molecule has 0 bridgehead atoms. The van der Waals surface area contributed by atoms with Gasteiger partial charge in [-0.1, -0.05) is 17.3 Å². The molecular weight excluding hydrogens is 405 g/mol. The van der Waals surface area contributed by atoms with Crippen LogP contribution in [0.1, 0.15) is 35.2 Å². The normalized spacial score (nSPS) is 19.5. The molecule has 1 fully saturated rings. The lowest BCUT2D eigenvalue weighted by Crippen LogP contribution is -2.54. The van der Waals surface area contributed by atoms with Crippen molar-refractivity contribution >= 4 is 35.2 Å². The van der Waals surface area contributed by atoms with Crippen molar-refractivity contribution in [3.63, 3.8) is 0 Å². The Labute approximate surface area is 178 Å². The minimum absolute atomic E-state index is 0.173. The van der Waals surface area contributed by atoms with Crippen molar-refractivity contribution in [2.75, 3.05) is 18.8 Å². The lowest BCUT2D eigenvalue weighted by atomic mass is 9.72. The van der Waals surface area contributed by atoms with Gasteiger partial charge in [0.15, 0.2) is 10.8 Å². The zero-order valence-electron chi connectivity index (χ0n) is 16.7. The van der Waals surface area contributed by atoms with Crippen LogP contribution < -0.4 is 15.7 Å². The van der Waals surface area contributed by atoms with Crippen molar-refractivity contribution < 1.29 is 19.7 Å². The topological polar surface area (TPSA) is 133 Å². The van der Waals surface area contributed by atoms with Crippen molar-refractivity contribution in [3.8, 4) is 5.75 Å². The molecule has 1 atom stereocenters. The van der Waals surface area contributed by atoms with Gasteiger partial charge in [-0.2, -0.15) is 0 Å². The average molecular weight is 429 g/mol. The van der Waals surface area contributed by atoms with Crippen molar-refractivity contribution in [1.29, 1.82) is 0 Å². The van der Waals surface area contributed by atoms with Gasteiger partial charge in [0.1, 0.15) is 11.4 Å². The van der Waals surface area contributed by atoms with Gasteiger partial charge in [-0.05, 0) is 56.0 Å². The highest BCUT2D eigenvalue weighted by Gasteiger charge is 2.38. The van der Waals surface area contributed by atoms with Crippen molar-refractivity contribution in [2.45, 2.75) is 38.7 Å². The van der Waals surface area contributed by atoms with Gasteiger partial charge in [0.25, 0.3) is 5.91 Å². The van der Waals surface area contributed by atoms with Gasteiger partial charge < -0.3 is 25.9 Å². The van der Waals surface area contributed by atoms with Crippen LogP contribution in [-0.4, -0.2) is 57.9 Å². The number of aromatic nitrogens is 1. The molecule has 30 heavy (non-hydrogen) atoms. The molecule has 2 aromatic rings. The van der Waals surface area contributed by atoms with E-state index in [1.807, 2.05) is 13.0 Å². The van der Waals surface area contributed by atoms with E-state index in [1.165, 1.54) is 23.8 Å². The molecule has 9 nitrogen and oxygen atoms in total. The van der Waals surface area contributed by atoms with Gasteiger partial charge in [0, 0.05) is 11.9 Å². The Balaban J connectivity index is 1.48. The van der Waals surface area contributed by atoms with Crippen molar-refractivity contribution in [3.05, 3.63) is 39.9 Å².